The molecule has 1 heterocycles. The lowest BCUT2D eigenvalue weighted by Gasteiger charge is -2.21. The first kappa shape index (κ1) is 25.6. The molecule has 1 aromatic heterocycles. The van der Waals surface area contributed by atoms with Crippen LogP contribution in [0, 0.1) is 5.92 Å². The van der Waals surface area contributed by atoms with Gasteiger partial charge in [0.25, 0.3) is 5.56 Å². The van der Waals surface area contributed by atoms with Gasteiger partial charge < -0.3 is 19.5 Å². The molecule has 9 heteroatoms. The number of hydrogen-bond donors (Lipinski definition) is 1. The number of nitrogens with one attached hydrogen (secondary N) is 1. The molecule has 0 radical (unpaired) electrons. The zero-order chi connectivity index (χ0) is 24.5. The van der Waals surface area contributed by atoms with Crippen molar-refractivity contribution < 1.29 is 23.8 Å². The van der Waals surface area contributed by atoms with Crippen LogP contribution in [0.5, 0.6) is 11.5 Å². The molecular formula is C25H32N2O6S. The summed E-state index contributed by atoms with van der Waals surface area (Å²) in [4.78, 5) is 38.0. The van der Waals surface area contributed by atoms with E-state index in [0.717, 1.165) is 24.2 Å². The number of esters is 1. The van der Waals surface area contributed by atoms with Gasteiger partial charge in [-0.05, 0) is 49.5 Å². The summed E-state index contributed by atoms with van der Waals surface area (Å²) in [6.45, 7) is 2.37. The van der Waals surface area contributed by atoms with Crippen molar-refractivity contribution in [3.05, 3.63) is 43.3 Å². The molecule has 1 saturated carbocycles. The van der Waals surface area contributed by atoms with Crippen LogP contribution in [0.2, 0.25) is 0 Å². The van der Waals surface area contributed by atoms with Gasteiger partial charge in [-0.2, -0.15) is 0 Å². The molecule has 1 N–H and O–H groups in total. The van der Waals surface area contributed by atoms with Crippen LogP contribution in [-0.2, 0) is 20.9 Å². The number of rotatable bonds is 9. The Morgan fingerprint density at radius 3 is 2.41 bits per heavy atom. The molecule has 184 valence electrons. The molecule has 8 nitrogen and oxygen atoms in total. The van der Waals surface area contributed by atoms with Crippen LogP contribution in [0.1, 0.15) is 44.6 Å². The van der Waals surface area contributed by atoms with Gasteiger partial charge in [0, 0.05) is 12.6 Å². The van der Waals surface area contributed by atoms with E-state index in [2.05, 4.69) is 5.32 Å². The Bertz CT molecular complexity index is 1150. The molecule has 1 aliphatic carbocycles. The van der Waals surface area contributed by atoms with E-state index in [1.54, 1.807) is 45.4 Å². The minimum absolute atomic E-state index is 0.164. The van der Waals surface area contributed by atoms with Crippen LogP contribution in [0.4, 0.5) is 0 Å². The quantitative estimate of drug-likeness (QED) is 0.541. The molecule has 0 saturated heterocycles. The molecular weight excluding hydrogens is 456 g/mol. The second-order valence-electron chi connectivity index (χ2n) is 8.19. The fraction of sp³-hybridized carbons (Fsp3) is 0.480. The van der Waals surface area contributed by atoms with Crippen molar-refractivity contribution in [2.24, 2.45) is 5.92 Å². The summed E-state index contributed by atoms with van der Waals surface area (Å²) < 4.78 is 17.7. The highest BCUT2D eigenvalue weighted by Gasteiger charge is 2.16. The van der Waals surface area contributed by atoms with Gasteiger partial charge in [-0.25, -0.2) is 4.79 Å². The van der Waals surface area contributed by atoms with Gasteiger partial charge in [-0.3, -0.25) is 14.2 Å². The number of thiazole rings is 1. The number of aromatic nitrogens is 1. The van der Waals surface area contributed by atoms with Crippen molar-refractivity contribution in [1.82, 2.24) is 9.88 Å². The normalized spacial score (nSPS) is 15.3. The molecule has 0 unspecified atom stereocenters. The minimum Gasteiger partial charge on any atom is -0.497 e. The second-order valence-corrected chi connectivity index (χ2v) is 9.25. The Morgan fingerprint density at radius 2 is 1.79 bits per heavy atom. The summed E-state index contributed by atoms with van der Waals surface area (Å²) in [5.74, 6) is 0.841. The van der Waals surface area contributed by atoms with Gasteiger partial charge >= 0.3 is 5.97 Å². The van der Waals surface area contributed by atoms with Crippen LogP contribution >= 0.6 is 11.3 Å². The number of amides is 1. The maximum atomic E-state index is 13.2. The van der Waals surface area contributed by atoms with Gasteiger partial charge in [-0.1, -0.05) is 19.3 Å². The topological polar surface area (TPSA) is 95.9 Å². The summed E-state index contributed by atoms with van der Waals surface area (Å²) >= 11 is 1.13. The predicted octanol–water partition coefficient (Wildman–Crippen LogP) is 1.80. The number of carbonyl (C=O) groups excluding carboxylic acids is 2. The molecule has 0 aliphatic heterocycles. The Morgan fingerprint density at radius 1 is 1.12 bits per heavy atom. The highest BCUT2D eigenvalue weighted by atomic mass is 32.1. The van der Waals surface area contributed by atoms with E-state index >= 15 is 0 Å². The number of nitrogens with zero attached hydrogens (tertiary/aromatic N) is 1. The summed E-state index contributed by atoms with van der Waals surface area (Å²) in [7, 11) is 3.10. The average Bonchev–Trinajstić information content (AvgIpc) is 3.11. The molecule has 0 atom stereocenters. The Hall–Kier alpha value is -3.07. The van der Waals surface area contributed by atoms with Crippen LogP contribution < -0.4 is 29.5 Å². The molecule has 34 heavy (non-hydrogen) atoms. The SMILES string of the molecule is CCOC(=O)/C=c1\s/c(=C/c2cc(OC)cc(OC)c2)c(=O)n1CC(=O)NCC1CCCCC1. The standard InChI is InChI=1S/C25H32N2O6S/c1-4-33-24(29)14-23-27(16-22(28)26-15-17-8-6-5-7-9-17)25(30)21(34-23)12-18-10-19(31-2)13-20(11-18)32-3/h10-14,17H,4-9,15-16H2,1-3H3,(H,26,28)/b21-12+,23-14-. The Labute approximate surface area is 202 Å². The number of hydrogen-bond acceptors (Lipinski definition) is 7. The third-order valence-electron chi connectivity index (χ3n) is 5.75. The summed E-state index contributed by atoms with van der Waals surface area (Å²) in [6, 6.07) is 5.29. The summed E-state index contributed by atoms with van der Waals surface area (Å²) in [5.41, 5.74) is 0.348. The lowest BCUT2D eigenvalue weighted by Crippen LogP contribution is -2.39. The van der Waals surface area contributed by atoms with Crippen LogP contribution in [0.15, 0.2) is 23.0 Å². The monoisotopic (exact) mass is 488 g/mol. The highest BCUT2D eigenvalue weighted by Crippen LogP contribution is 2.23. The largest absolute Gasteiger partial charge is 0.497 e. The van der Waals surface area contributed by atoms with E-state index in [1.165, 1.54) is 29.9 Å². The minimum atomic E-state index is -0.560. The molecule has 3 rings (SSSR count). The lowest BCUT2D eigenvalue weighted by atomic mass is 9.89. The number of ether oxygens (including phenoxy) is 3. The molecule has 1 fully saturated rings. The van der Waals surface area contributed by atoms with E-state index in [-0.39, 0.29) is 24.6 Å². The number of methoxy groups -OCH3 is 2. The smallest absolute Gasteiger partial charge is 0.333 e. The van der Waals surface area contributed by atoms with E-state index in [0.29, 0.717) is 38.7 Å². The van der Waals surface area contributed by atoms with Crippen molar-refractivity contribution in [2.45, 2.75) is 45.6 Å². The predicted molar refractivity (Wildman–Crippen MR) is 132 cm³/mol. The zero-order valence-corrected chi connectivity index (χ0v) is 20.7. The Kier molecular flexibility index (Phi) is 9.33. The first-order valence-corrected chi connectivity index (χ1v) is 12.3. The Balaban J connectivity index is 1.93. The third kappa shape index (κ3) is 6.96. The lowest BCUT2D eigenvalue weighted by molar-refractivity contribution is -0.135. The first-order chi connectivity index (χ1) is 16.4. The summed E-state index contributed by atoms with van der Waals surface area (Å²) in [6.07, 6.45) is 8.81. The highest BCUT2D eigenvalue weighted by molar-refractivity contribution is 7.07. The van der Waals surface area contributed by atoms with Crippen LogP contribution in [0.3, 0.4) is 0 Å². The maximum Gasteiger partial charge on any atom is 0.333 e. The van der Waals surface area contributed by atoms with Crippen molar-refractivity contribution in [1.29, 1.82) is 0 Å². The van der Waals surface area contributed by atoms with Gasteiger partial charge in [0.1, 0.15) is 22.7 Å². The molecule has 1 aliphatic rings. The van der Waals surface area contributed by atoms with E-state index in [9.17, 15) is 14.4 Å². The van der Waals surface area contributed by atoms with Gasteiger partial charge in [0.05, 0.1) is 31.4 Å². The van der Waals surface area contributed by atoms with Crippen molar-refractivity contribution in [2.75, 3.05) is 27.4 Å². The van der Waals surface area contributed by atoms with Crippen molar-refractivity contribution in [3.63, 3.8) is 0 Å². The number of benzene rings is 1. The summed E-state index contributed by atoms with van der Waals surface area (Å²) in [5, 5.41) is 2.96. The van der Waals surface area contributed by atoms with Gasteiger partial charge in [-0.15, -0.1) is 11.3 Å². The van der Waals surface area contributed by atoms with Crippen LogP contribution in [-0.4, -0.2) is 43.8 Å². The van der Waals surface area contributed by atoms with E-state index in [1.807, 2.05) is 0 Å². The molecule has 1 aromatic carbocycles. The molecule has 2 aromatic rings. The molecule has 0 bridgehead atoms. The third-order valence-corrected chi connectivity index (χ3v) is 6.81. The fourth-order valence-corrected chi connectivity index (χ4v) is 5.02. The van der Waals surface area contributed by atoms with Crippen molar-refractivity contribution in [3.8, 4) is 11.5 Å². The first-order valence-electron chi connectivity index (χ1n) is 11.5. The maximum absolute atomic E-state index is 13.2. The van der Waals surface area contributed by atoms with Gasteiger partial charge in [0.2, 0.25) is 5.91 Å². The number of carbonyl (C=O) groups is 2. The van der Waals surface area contributed by atoms with Gasteiger partial charge in [0.15, 0.2) is 0 Å². The zero-order valence-electron chi connectivity index (χ0n) is 19.9. The van der Waals surface area contributed by atoms with E-state index in [4.69, 9.17) is 14.2 Å². The second kappa shape index (κ2) is 12.4. The van der Waals surface area contributed by atoms with E-state index < -0.39 is 5.97 Å². The fourth-order valence-electron chi connectivity index (χ4n) is 3.99. The molecule has 1 amide bonds. The average molecular weight is 489 g/mol. The van der Waals surface area contributed by atoms with Crippen molar-refractivity contribution >= 4 is 35.4 Å². The molecule has 0 spiro atoms. The van der Waals surface area contributed by atoms with Crippen LogP contribution in [0.25, 0.3) is 12.2 Å².